The van der Waals surface area contributed by atoms with Crippen molar-refractivity contribution in [1.29, 1.82) is 0 Å². The maximum absolute atomic E-state index is 11.9. The number of aliphatic hydroxyl groups is 1. The van der Waals surface area contributed by atoms with Crippen molar-refractivity contribution < 1.29 is 9.90 Å². The fraction of sp³-hybridized carbons (Fsp3) is 0.909. The Kier molecular flexibility index (Phi) is 4.64. The van der Waals surface area contributed by atoms with Gasteiger partial charge in [0.2, 0.25) is 5.91 Å². The molecule has 1 atom stereocenters. The first-order chi connectivity index (χ1) is 7.46. The van der Waals surface area contributed by atoms with E-state index >= 15 is 0 Å². The van der Waals surface area contributed by atoms with E-state index in [0.717, 1.165) is 19.3 Å². The number of nitrogens with two attached hydrogens (primary N) is 1. The smallest absolute Gasteiger partial charge is 0.227 e. The largest absolute Gasteiger partial charge is 0.387 e. The van der Waals surface area contributed by atoms with Gasteiger partial charge in [0, 0.05) is 18.8 Å². The fourth-order valence-electron chi connectivity index (χ4n) is 1.95. The Morgan fingerprint density at radius 2 is 2.25 bits per heavy atom. The molecule has 1 aliphatic carbocycles. The number of hydrogen-bond acceptors (Lipinski definition) is 4. The van der Waals surface area contributed by atoms with Crippen LogP contribution in [0, 0.1) is 5.41 Å². The molecule has 0 bridgehead atoms. The summed E-state index contributed by atoms with van der Waals surface area (Å²) in [6.45, 7) is 2.44. The number of thioether (sulfide) groups is 1. The van der Waals surface area contributed by atoms with Crippen molar-refractivity contribution in [3.63, 3.8) is 0 Å². The molecule has 0 heterocycles. The lowest BCUT2D eigenvalue weighted by atomic mass is 9.68. The predicted molar refractivity (Wildman–Crippen MR) is 67.4 cm³/mol. The summed E-state index contributed by atoms with van der Waals surface area (Å²) in [5.74, 6) is 0.616. The summed E-state index contributed by atoms with van der Waals surface area (Å²) in [4.78, 5) is 11.9. The Labute approximate surface area is 101 Å². The number of rotatable bonds is 6. The average Bonchev–Trinajstić information content (AvgIpc) is 2.14. The van der Waals surface area contributed by atoms with Crippen LogP contribution in [0.2, 0.25) is 0 Å². The minimum absolute atomic E-state index is 0.00243. The summed E-state index contributed by atoms with van der Waals surface area (Å²) in [5.41, 5.74) is 4.45. The molecule has 94 valence electrons. The van der Waals surface area contributed by atoms with Gasteiger partial charge in [-0.2, -0.15) is 11.8 Å². The second kappa shape index (κ2) is 5.38. The lowest BCUT2D eigenvalue weighted by Gasteiger charge is -2.39. The van der Waals surface area contributed by atoms with E-state index in [0.29, 0.717) is 18.8 Å². The number of amides is 1. The molecule has 1 amide bonds. The molecule has 0 aromatic heterocycles. The van der Waals surface area contributed by atoms with E-state index in [9.17, 15) is 9.90 Å². The van der Waals surface area contributed by atoms with Crippen LogP contribution in [0.5, 0.6) is 0 Å². The first-order valence-corrected chi connectivity index (χ1v) is 7.05. The van der Waals surface area contributed by atoms with Crippen molar-refractivity contribution >= 4 is 17.7 Å². The van der Waals surface area contributed by atoms with Gasteiger partial charge in [-0.05, 0) is 26.0 Å². The molecule has 0 radical (unpaired) electrons. The van der Waals surface area contributed by atoms with Gasteiger partial charge in [0.25, 0.3) is 0 Å². The maximum atomic E-state index is 11.9. The second-order valence-electron chi connectivity index (χ2n) is 4.95. The molecular weight excluding hydrogens is 224 g/mol. The van der Waals surface area contributed by atoms with Crippen LogP contribution in [0.3, 0.4) is 0 Å². The SMILES string of the molecule is CSCC(C)(O)CNC(=O)C1(CN)CCC1. The molecular formula is C11H22N2O2S. The van der Waals surface area contributed by atoms with Crippen molar-refractivity contribution in [2.45, 2.75) is 31.8 Å². The van der Waals surface area contributed by atoms with E-state index < -0.39 is 5.60 Å². The van der Waals surface area contributed by atoms with Gasteiger partial charge >= 0.3 is 0 Å². The number of carbonyl (C=O) groups is 1. The Morgan fingerprint density at radius 1 is 1.62 bits per heavy atom. The van der Waals surface area contributed by atoms with Gasteiger partial charge in [-0.1, -0.05) is 6.42 Å². The summed E-state index contributed by atoms with van der Waals surface area (Å²) < 4.78 is 0. The van der Waals surface area contributed by atoms with Crippen LogP contribution in [0.1, 0.15) is 26.2 Å². The van der Waals surface area contributed by atoms with Gasteiger partial charge in [-0.3, -0.25) is 4.79 Å². The van der Waals surface area contributed by atoms with E-state index in [-0.39, 0.29) is 11.3 Å². The van der Waals surface area contributed by atoms with Crippen molar-refractivity contribution in [1.82, 2.24) is 5.32 Å². The third kappa shape index (κ3) is 3.12. The maximum Gasteiger partial charge on any atom is 0.227 e. The highest BCUT2D eigenvalue weighted by Crippen LogP contribution is 2.40. The topological polar surface area (TPSA) is 75.3 Å². The summed E-state index contributed by atoms with van der Waals surface area (Å²) in [6, 6.07) is 0. The minimum Gasteiger partial charge on any atom is -0.387 e. The average molecular weight is 246 g/mol. The van der Waals surface area contributed by atoms with Crippen LogP contribution in [0.25, 0.3) is 0 Å². The molecule has 1 aliphatic rings. The third-order valence-electron chi connectivity index (χ3n) is 3.27. The Bertz CT molecular complexity index is 247. The zero-order chi connectivity index (χ0) is 12.2. The van der Waals surface area contributed by atoms with Gasteiger partial charge in [0.15, 0.2) is 0 Å². The molecule has 0 aromatic rings. The van der Waals surface area contributed by atoms with Crippen molar-refractivity contribution in [2.24, 2.45) is 11.1 Å². The van der Waals surface area contributed by atoms with Gasteiger partial charge in [0.1, 0.15) is 0 Å². The van der Waals surface area contributed by atoms with Gasteiger partial charge in [0.05, 0.1) is 11.0 Å². The standard InChI is InChI=1S/C11H22N2O2S/c1-10(15,8-16-2)7-13-9(14)11(6-12)4-3-5-11/h15H,3-8,12H2,1-2H3,(H,13,14). The summed E-state index contributed by atoms with van der Waals surface area (Å²) in [6.07, 6.45) is 4.76. The molecule has 5 heteroatoms. The molecule has 0 spiro atoms. The molecule has 1 saturated carbocycles. The minimum atomic E-state index is -0.839. The quantitative estimate of drug-likeness (QED) is 0.632. The van der Waals surface area contributed by atoms with Crippen LogP contribution in [-0.4, -0.2) is 41.7 Å². The number of carbonyl (C=O) groups excluding carboxylic acids is 1. The van der Waals surface area contributed by atoms with Gasteiger partial charge in [-0.15, -0.1) is 0 Å². The zero-order valence-corrected chi connectivity index (χ0v) is 10.9. The molecule has 0 saturated heterocycles. The molecule has 4 N–H and O–H groups in total. The Morgan fingerprint density at radius 3 is 2.62 bits per heavy atom. The fourth-order valence-corrected chi connectivity index (χ4v) is 2.67. The lowest BCUT2D eigenvalue weighted by molar-refractivity contribution is -0.136. The van der Waals surface area contributed by atoms with Crippen molar-refractivity contribution in [3.8, 4) is 0 Å². The van der Waals surface area contributed by atoms with Crippen LogP contribution in [0.15, 0.2) is 0 Å². The Hall–Kier alpha value is -0.260. The van der Waals surface area contributed by atoms with Gasteiger partial charge in [-0.25, -0.2) is 0 Å². The molecule has 0 aliphatic heterocycles. The zero-order valence-electron chi connectivity index (χ0n) is 10.1. The highest BCUT2D eigenvalue weighted by Gasteiger charge is 2.43. The molecule has 1 unspecified atom stereocenters. The van der Waals surface area contributed by atoms with E-state index in [1.54, 1.807) is 18.7 Å². The molecule has 0 aromatic carbocycles. The van der Waals surface area contributed by atoms with E-state index in [1.807, 2.05) is 6.26 Å². The summed E-state index contributed by atoms with van der Waals surface area (Å²) >= 11 is 1.57. The predicted octanol–water partition coefficient (Wildman–Crippen LogP) is 0.346. The van der Waals surface area contributed by atoms with Gasteiger partial charge < -0.3 is 16.2 Å². The van der Waals surface area contributed by atoms with Crippen LogP contribution in [0.4, 0.5) is 0 Å². The second-order valence-corrected chi connectivity index (χ2v) is 5.82. The monoisotopic (exact) mass is 246 g/mol. The van der Waals surface area contributed by atoms with Crippen LogP contribution < -0.4 is 11.1 Å². The van der Waals surface area contributed by atoms with E-state index in [1.165, 1.54) is 0 Å². The normalized spacial score (nSPS) is 22.0. The molecule has 1 fully saturated rings. The first kappa shape index (κ1) is 13.8. The molecule has 1 rings (SSSR count). The lowest BCUT2D eigenvalue weighted by Crippen LogP contribution is -2.53. The van der Waals surface area contributed by atoms with Crippen molar-refractivity contribution in [3.05, 3.63) is 0 Å². The molecule has 16 heavy (non-hydrogen) atoms. The number of nitrogens with one attached hydrogen (secondary N) is 1. The van der Waals surface area contributed by atoms with Crippen molar-refractivity contribution in [2.75, 3.05) is 25.1 Å². The highest BCUT2D eigenvalue weighted by atomic mass is 32.2. The summed E-state index contributed by atoms with van der Waals surface area (Å²) in [5, 5.41) is 12.7. The summed E-state index contributed by atoms with van der Waals surface area (Å²) in [7, 11) is 0. The first-order valence-electron chi connectivity index (χ1n) is 5.65. The van der Waals surface area contributed by atoms with E-state index in [4.69, 9.17) is 5.73 Å². The molecule has 4 nitrogen and oxygen atoms in total. The third-order valence-corrected chi connectivity index (χ3v) is 4.18. The van der Waals surface area contributed by atoms with Crippen LogP contribution >= 0.6 is 11.8 Å². The van der Waals surface area contributed by atoms with E-state index in [2.05, 4.69) is 5.32 Å². The number of hydrogen-bond donors (Lipinski definition) is 3. The highest BCUT2D eigenvalue weighted by molar-refractivity contribution is 7.98. The van der Waals surface area contributed by atoms with Crippen LogP contribution in [-0.2, 0) is 4.79 Å². The Balaban J connectivity index is 2.40.